The van der Waals surface area contributed by atoms with E-state index >= 15 is 0 Å². The number of furan rings is 1. The van der Waals surface area contributed by atoms with Gasteiger partial charge < -0.3 is 8.94 Å². The van der Waals surface area contributed by atoms with Crippen LogP contribution in [0, 0.1) is 11.3 Å². The van der Waals surface area contributed by atoms with Gasteiger partial charge in [0.05, 0.1) is 6.07 Å². The highest BCUT2D eigenvalue weighted by Crippen LogP contribution is 2.25. The summed E-state index contributed by atoms with van der Waals surface area (Å²) in [6, 6.07) is 11.4. The molecule has 17 heavy (non-hydrogen) atoms. The highest BCUT2D eigenvalue weighted by atomic mass is 16.5. The molecule has 0 unspecified atom stereocenters. The number of para-hydroxylation sites is 1. The zero-order valence-electron chi connectivity index (χ0n) is 8.75. The van der Waals surface area contributed by atoms with E-state index in [0.717, 1.165) is 11.0 Å². The molecular weight excluding hydrogens is 218 g/mol. The molecule has 0 saturated carbocycles. The number of fused-ring (bicyclic) bond motifs is 1. The summed E-state index contributed by atoms with van der Waals surface area (Å²) in [4.78, 5) is 4.07. The predicted molar refractivity (Wildman–Crippen MR) is 58.8 cm³/mol. The van der Waals surface area contributed by atoms with Crippen molar-refractivity contribution in [1.82, 2.24) is 10.1 Å². The molecule has 5 nitrogen and oxygen atoms in total. The van der Waals surface area contributed by atoms with Crippen molar-refractivity contribution in [2.45, 2.75) is 6.42 Å². The fourth-order valence-corrected chi connectivity index (χ4v) is 1.59. The molecule has 2 heterocycles. The molecule has 0 atom stereocenters. The molecule has 0 bridgehead atoms. The van der Waals surface area contributed by atoms with Gasteiger partial charge in [0.2, 0.25) is 11.7 Å². The Morgan fingerprint density at radius 3 is 3.00 bits per heavy atom. The zero-order valence-corrected chi connectivity index (χ0v) is 8.75. The summed E-state index contributed by atoms with van der Waals surface area (Å²) < 4.78 is 10.5. The van der Waals surface area contributed by atoms with Crippen molar-refractivity contribution < 1.29 is 8.94 Å². The fraction of sp³-hybridized carbons (Fsp3) is 0.0833. The van der Waals surface area contributed by atoms with E-state index in [4.69, 9.17) is 14.2 Å². The molecule has 1 aromatic carbocycles. The van der Waals surface area contributed by atoms with Crippen molar-refractivity contribution in [1.29, 1.82) is 5.26 Å². The Morgan fingerprint density at radius 1 is 1.29 bits per heavy atom. The standard InChI is InChI=1S/C12H7N3O2/c13-6-5-11-14-12(15-17-11)10-7-8-3-1-2-4-9(8)16-10/h1-4,7H,5H2. The molecule has 0 amide bonds. The number of hydrogen-bond donors (Lipinski definition) is 0. The van der Waals surface area contributed by atoms with Crippen LogP contribution in [-0.2, 0) is 6.42 Å². The molecule has 0 N–H and O–H groups in total. The number of nitrogens with zero attached hydrogens (tertiary/aromatic N) is 3. The van der Waals surface area contributed by atoms with Crippen LogP contribution in [0.15, 0.2) is 39.3 Å². The molecule has 82 valence electrons. The maximum absolute atomic E-state index is 8.51. The van der Waals surface area contributed by atoms with Crippen LogP contribution in [0.2, 0.25) is 0 Å². The third-order valence-corrected chi connectivity index (χ3v) is 2.34. The summed E-state index contributed by atoms with van der Waals surface area (Å²) >= 11 is 0. The highest BCUT2D eigenvalue weighted by molar-refractivity contribution is 5.81. The minimum absolute atomic E-state index is 0.104. The van der Waals surface area contributed by atoms with Gasteiger partial charge in [-0.05, 0) is 12.1 Å². The van der Waals surface area contributed by atoms with Gasteiger partial charge in [-0.2, -0.15) is 10.2 Å². The maximum atomic E-state index is 8.51. The van der Waals surface area contributed by atoms with E-state index < -0.39 is 0 Å². The molecule has 0 fully saturated rings. The summed E-state index contributed by atoms with van der Waals surface area (Å²) in [5.41, 5.74) is 0.772. The normalized spacial score (nSPS) is 10.5. The van der Waals surface area contributed by atoms with E-state index in [9.17, 15) is 0 Å². The Bertz CT molecular complexity index is 673. The molecule has 0 aliphatic heterocycles. The minimum Gasteiger partial charge on any atom is -0.453 e. The van der Waals surface area contributed by atoms with Crippen LogP contribution in [0.4, 0.5) is 0 Å². The SMILES string of the molecule is N#CCc1nc(-c2cc3ccccc3o2)no1. The van der Waals surface area contributed by atoms with Gasteiger partial charge in [-0.1, -0.05) is 23.4 Å². The van der Waals surface area contributed by atoms with Crippen LogP contribution in [0.1, 0.15) is 5.89 Å². The van der Waals surface area contributed by atoms with Gasteiger partial charge in [-0.15, -0.1) is 0 Å². The van der Waals surface area contributed by atoms with Crippen LogP contribution in [0.3, 0.4) is 0 Å². The second-order valence-electron chi connectivity index (χ2n) is 3.50. The third kappa shape index (κ3) is 1.66. The van der Waals surface area contributed by atoms with E-state index in [-0.39, 0.29) is 6.42 Å². The number of aromatic nitrogens is 2. The maximum Gasteiger partial charge on any atom is 0.241 e. The summed E-state index contributed by atoms with van der Waals surface area (Å²) in [7, 11) is 0. The number of hydrogen-bond acceptors (Lipinski definition) is 5. The minimum atomic E-state index is 0.104. The van der Waals surface area contributed by atoms with Crippen molar-refractivity contribution >= 4 is 11.0 Å². The molecule has 3 rings (SSSR count). The summed E-state index contributed by atoms with van der Waals surface area (Å²) in [5.74, 6) is 1.20. The first kappa shape index (κ1) is 9.60. The van der Waals surface area contributed by atoms with Crippen molar-refractivity contribution in [3.05, 3.63) is 36.2 Å². The van der Waals surface area contributed by atoms with Crippen molar-refractivity contribution in [2.75, 3.05) is 0 Å². The molecule has 5 heteroatoms. The molecule has 0 radical (unpaired) electrons. The van der Waals surface area contributed by atoms with Crippen LogP contribution < -0.4 is 0 Å². The average molecular weight is 225 g/mol. The predicted octanol–water partition coefficient (Wildman–Crippen LogP) is 2.55. The van der Waals surface area contributed by atoms with Gasteiger partial charge in [-0.3, -0.25) is 0 Å². The lowest BCUT2D eigenvalue weighted by molar-refractivity contribution is 0.386. The Labute approximate surface area is 96.3 Å². The van der Waals surface area contributed by atoms with Crippen LogP contribution in [0.25, 0.3) is 22.6 Å². The first-order valence-electron chi connectivity index (χ1n) is 5.05. The van der Waals surface area contributed by atoms with Gasteiger partial charge in [0.25, 0.3) is 0 Å². The Kier molecular flexibility index (Phi) is 2.12. The van der Waals surface area contributed by atoms with Crippen LogP contribution >= 0.6 is 0 Å². The summed E-state index contributed by atoms with van der Waals surface area (Å²) in [6.45, 7) is 0. The number of benzene rings is 1. The molecule has 0 aliphatic carbocycles. The fourth-order valence-electron chi connectivity index (χ4n) is 1.59. The Balaban J connectivity index is 2.05. The second kappa shape index (κ2) is 3.76. The van der Waals surface area contributed by atoms with E-state index in [1.807, 2.05) is 36.4 Å². The van der Waals surface area contributed by atoms with Crippen molar-refractivity contribution in [2.24, 2.45) is 0 Å². The van der Waals surface area contributed by atoms with Gasteiger partial charge >= 0.3 is 0 Å². The highest BCUT2D eigenvalue weighted by Gasteiger charge is 2.12. The third-order valence-electron chi connectivity index (χ3n) is 2.34. The van der Waals surface area contributed by atoms with E-state index in [1.54, 1.807) is 0 Å². The van der Waals surface area contributed by atoms with Gasteiger partial charge in [0.1, 0.15) is 12.0 Å². The lowest BCUT2D eigenvalue weighted by atomic mass is 10.2. The van der Waals surface area contributed by atoms with Crippen molar-refractivity contribution in [3.63, 3.8) is 0 Å². The van der Waals surface area contributed by atoms with Crippen LogP contribution in [0.5, 0.6) is 0 Å². The summed E-state index contributed by atoms with van der Waals surface area (Å²) in [5, 5.41) is 13.3. The van der Waals surface area contributed by atoms with E-state index in [0.29, 0.717) is 17.5 Å². The lowest BCUT2D eigenvalue weighted by Crippen LogP contribution is -1.80. The molecule has 0 saturated heterocycles. The molecular formula is C12H7N3O2. The first-order valence-corrected chi connectivity index (χ1v) is 5.05. The molecule has 3 aromatic rings. The summed E-state index contributed by atoms with van der Waals surface area (Å²) in [6.07, 6.45) is 0.104. The Morgan fingerprint density at radius 2 is 2.18 bits per heavy atom. The second-order valence-corrected chi connectivity index (χ2v) is 3.50. The van der Waals surface area contributed by atoms with Gasteiger partial charge in [-0.25, -0.2) is 0 Å². The quantitative estimate of drug-likeness (QED) is 0.669. The lowest BCUT2D eigenvalue weighted by Gasteiger charge is -1.84. The first-order chi connectivity index (χ1) is 8.36. The van der Waals surface area contributed by atoms with E-state index in [1.165, 1.54) is 0 Å². The van der Waals surface area contributed by atoms with E-state index in [2.05, 4.69) is 10.1 Å². The number of nitriles is 1. The Hall–Kier alpha value is -2.61. The monoisotopic (exact) mass is 225 g/mol. The largest absolute Gasteiger partial charge is 0.453 e. The van der Waals surface area contributed by atoms with Crippen LogP contribution in [-0.4, -0.2) is 10.1 Å². The van der Waals surface area contributed by atoms with Gasteiger partial charge in [0, 0.05) is 5.39 Å². The molecule has 2 aromatic heterocycles. The molecule has 0 aliphatic rings. The molecule has 0 spiro atoms. The topological polar surface area (TPSA) is 75.8 Å². The van der Waals surface area contributed by atoms with Gasteiger partial charge in [0.15, 0.2) is 5.76 Å². The average Bonchev–Trinajstić information content (AvgIpc) is 2.94. The zero-order chi connectivity index (χ0) is 11.7. The number of rotatable bonds is 2. The van der Waals surface area contributed by atoms with Crippen molar-refractivity contribution in [3.8, 4) is 17.7 Å². The smallest absolute Gasteiger partial charge is 0.241 e.